The fourth-order valence-electron chi connectivity index (χ4n) is 6.95. The third-order valence-electron chi connectivity index (χ3n) is 10.2. The second-order valence-electron chi connectivity index (χ2n) is 14.5. The van der Waals surface area contributed by atoms with Crippen molar-refractivity contribution in [1.82, 2.24) is 20.4 Å². The molecule has 3 aliphatic rings. The number of fused-ring (bicyclic) bond motifs is 2. The van der Waals surface area contributed by atoms with Gasteiger partial charge in [0, 0.05) is 75.6 Å². The summed E-state index contributed by atoms with van der Waals surface area (Å²) in [4.78, 5) is 81.4. The Morgan fingerprint density at radius 1 is 1.04 bits per heavy atom. The minimum absolute atomic E-state index is 0.00112. The average molecular weight is 776 g/mol. The van der Waals surface area contributed by atoms with E-state index in [0.29, 0.717) is 25.2 Å². The molecule has 1 aromatic carbocycles. The van der Waals surface area contributed by atoms with Gasteiger partial charge in [-0.2, -0.15) is 0 Å². The van der Waals surface area contributed by atoms with Gasteiger partial charge in [0.2, 0.25) is 18.0 Å². The number of piperazine rings is 1. The number of Topliss-reactive ketones (excluding diaryl/α,β-unsaturated/α-hetero) is 1. The summed E-state index contributed by atoms with van der Waals surface area (Å²) in [7, 11) is 2.87. The Balaban J connectivity index is 1.65. The minimum atomic E-state index is -1.05. The third kappa shape index (κ3) is 11.4. The number of nitrogens with two attached hydrogens (primary N) is 1. The molecule has 302 valence electrons. The SMILES string of the molecule is CO[C@@H]1/C=C\C=C(\C)C(=O)NC2=CC(=O)C(NC(=O)c3ccc(CN4CCN(C=O)CC4)cc3)=C(C[C@@H](C)C[C@@H](OC)[C@@H](O)[C@@H](C)/C=C(/C)[C@H]1OC(N)=O)C2=O. The van der Waals surface area contributed by atoms with Crippen LogP contribution in [0.2, 0.25) is 0 Å². The second-order valence-corrected chi connectivity index (χ2v) is 14.5. The van der Waals surface area contributed by atoms with Crippen LogP contribution in [-0.4, -0.2) is 116 Å². The van der Waals surface area contributed by atoms with Gasteiger partial charge in [0.15, 0.2) is 6.10 Å². The smallest absolute Gasteiger partial charge is 0.405 e. The van der Waals surface area contributed by atoms with Crippen molar-refractivity contribution in [2.24, 2.45) is 17.6 Å². The molecule has 0 spiro atoms. The number of aliphatic hydroxyl groups is 1. The largest absolute Gasteiger partial charge is 0.439 e. The van der Waals surface area contributed by atoms with Gasteiger partial charge in [-0.15, -0.1) is 0 Å². The number of ketones is 2. The molecule has 0 unspecified atom stereocenters. The summed E-state index contributed by atoms with van der Waals surface area (Å²) in [6.45, 7) is 10.2. The molecule has 2 bridgehead atoms. The molecular weight excluding hydrogens is 722 g/mol. The molecular formula is C41H53N5O10. The number of benzene rings is 1. The lowest BCUT2D eigenvalue weighted by molar-refractivity contribution is -0.120. The van der Waals surface area contributed by atoms with E-state index in [9.17, 15) is 33.9 Å². The first-order valence-corrected chi connectivity index (χ1v) is 18.6. The highest BCUT2D eigenvalue weighted by Gasteiger charge is 2.34. The zero-order chi connectivity index (χ0) is 41.1. The molecule has 4 amide bonds. The lowest BCUT2D eigenvalue weighted by Gasteiger charge is -2.32. The molecule has 2 heterocycles. The lowest BCUT2D eigenvalue weighted by Crippen LogP contribution is -2.45. The fraction of sp³-hybridized carbons (Fsp3) is 0.463. The first-order valence-electron chi connectivity index (χ1n) is 18.6. The van der Waals surface area contributed by atoms with Crippen molar-refractivity contribution in [2.45, 2.75) is 71.5 Å². The molecule has 0 radical (unpaired) electrons. The van der Waals surface area contributed by atoms with Crippen molar-refractivity contribution in [3.63, 3.8) is 0 Å². The number of rotatable bonds is 8. The summed E-state index contributed by atoms with van der Waals surface area (Å²) < 4.78 is 16.7. The van der Waals surface area contributed by atoms with Gasteiger partial charge in [-0.3, -0.25) is 28.9 Å². The van der Waals surface area contributed by atoms with Crippen molar-refractivity contribution in [3.8, 4) is 0 Å². The summed E-state index contributed by atoms with van der Waals surface area (Å²) in [5.74, 6) is -3.45. The number of amides is 4. The number of allylic oxidation sites excluding steroid dienone is 4. The van der Waals surface area contributed by atoms with E-state index in [1.165, 1.54) is 33.3 Å². The Morgan fingerprint density at radius 2 is 1.71 bits per heavy atom. The quantitative estimate of drug-likeness (QED) is 0.171. The number of methoxy groups -OCH3 is 2. The highest BCUT2D eigenvalue weighted by atomic mass is 16.6. The summed E-state index contributed by atoms with van der Waals surface area (Å²) in [6, 6.07) is 6.93. The number of carbonyl (C=O) groups excluding carboxylic acids is 6. The Bertz CT molecular complexity index is 1810. The number of hydrogen-bond acceptors (Lipinski definition) is 11. The Kier molecular flexibility index (Phi) is 15.6. The molecule has 0 aromatic heterocycles. The molecule has 56 heavy (non-hydrogen) atoms. The van der Waals surface area contributed by atoms with Crippen molar-refractivity contribution in [1.29, 1.82) is 0 Å². The maximum absolute atomic E-state index is 14.1. The maximum atomic E-state index is 14.1. The standard InChI is InChI=1S/C41H53N5O10/c1-24-18-30-35(44-40(52)29-12-10-28(11-13-29)22-45-14-16-46(23-47)17-15-45)32(48)21-31(37(30)50)43-39(51)25(2)8-7-9-33(54-5)38(56-41(42)53)27(4)20-26(3)36(49)34(19-24)55-6/h7-13,20-21,23-24,26,33-34,36,38,49H,14-19,22H2,1-6H3,(H2,42,53)(H,43,51)(H,44,52)/b9-7-,25-8-,27-20-/t24-,26+,33-,34-,36+,38-/m1/s1. The number of carbonyl (C=O) groups is 6. The van der Waals surface area contributed by atoms with E-state index in [1.54, 1.807) is 43.0 Å². The van der Waals surface area contributed by atoms with Crippen LogP contribution in [0.1, 0.15) is 56.5 Å². The monoisotopic (exact) mass is 775 g/mol. The molecule has 6 atom stereocenters. The first-order chi connectivity index (χ1) is 26.6. The van der Waals surface area contributed by atoms with Crippen LogP contribution in [0.3, 0.4) is 0 Å². The van der Waals surface area contributed by atoms with Crippen LogP contribution < -0.4 is 16.4 Å². The van der Waals surface area contributed by atoms with Gasteiger partial charge in [0.25, 0.3) is 11.8 Å². The van der Waals surface area contributed by atoms with Crippen LogP contribution in [0.5, 0.6) is 0 Å². The molecule has 1 aromatic rings. The Hall–Kier alpha value is -5.22. The van der Waals surface area contributed by atoms with Gasteiger partial charge < -0.3 is 40.6 Å². The summed E-state index contributed by atoms with van der Waals surface area (Å²) in [6.07, 6.45) is 3.76. The Labute approximate surface area is 327 Å². The van der Waals surface area contributed by atoms with E-state index >= 15 is 0 Å². The van der Waals surface area contributed by atoms with E-state index < -0.39 is 59.8 Å². The molecule has 2 aliphatic heterocycles. The molecule has 4 rings (SSSR count). The average Bonchev–Trinajstić information content (AvgIpc) is 3.17. The number of nitrogens with one attached hydrogen (secondary N) is 2. The maximum Gasteiger partial charge on any atom is 0.405 e. The van der Waals surface area contributed by atoms with Crippen LogP contribution in [0.25, 0.3) is 0 Å². The lowest BCUT2D eigenvalue weighted by atomic mass is 9.85. The second kappa shape index (κ2) is 20.1. The van der Waals surface area contributed by atoms with Gasteiger partial charge in [-0.1, -0.05) is 50.3 Å². The van der Waals surface area contributed by atoms with Gasteiger partial charge in [-0.25, -0.2) is 4.79 Å². The number of hydrogen-bond donors (Lipinski definition) is 4. The van der Waals surface area contributed by atoms with Crippen molar-refractivity contribution >= 4 is 35.9 Å². The van der Waals surface area contributed by atoms with E-state index in [2.05, 4.69) is 15.5 Å². The van der Waals surface area contributed by atoms with Crippen LogP contribution in [0.4, 0.5) is 4.79 Å². The zero-order valence-corrected chi connectivity index (χ0v) is 32.8. The van der Waals surface area contributed by atoms with Crippen LogP contribution in [0.15, 0.2) is 82.8 Å². The highest BCUT2D eigenvalue weighted by molar-refractivity contribution is 6.24. The zero-order valence-electron chi connectivity index (χ0n) is 32.8. The summed E-state index contributed by atoms with van der Waals surface area (Å²) in [5.41, 5.74) is 6.90. The number of aliphatic hydroxyl groups excluding tert-OH is 1. The topological polar surface area (TPSA) is 207 Å². The molecule has 0 saturated carbocycles. The van der Waals surface area contributed by atoms with Crippen LogP contribution >= 0.6 is 0 Å². The van der Waals surface area contributed by atoms with Gasteiger partial charge in [0.05, 0.1) is 23.6 Å². The minimum Gasteiger partial charge on any atom is -0.439 e. The van der Waals surface area contributed by atoms with E-state index in [1.807, 2.05) is 19.1 Å². The molecule has 1 fully saturated rings. The van der Waals surface area contributed by atoms with Crippen LogP contribution in [0, 0.1) is 11.8 Å². The van der Waals surface area contributed by atoms with E-state index in [-0.39, 0.29) is 46.9 Å². The predicted octanol–water partition coefficient (Wildman–Crippen LogP) is 2.47. The summed E-state index contributed by atoms with van der Waals surface area (Å²) in [5, 5.41) is 16.6. The predicted molar refractivity (Wildman–Crippen MR) is 206 cm³/mol. The Morgan fingerprint density at radius 3 is 2.32 bits per heavy atom. The normalized spacial score (nSPS) is 28.6. The molecule has 1 aliphatic carbocycles. The highest BCUT2D eigenvalue weighted by Crippen LogP contribution is 2.29. The first kappa shape index (κ1) is 43.5. The fourth-order valence-corrected chi connectivity index (χ4v) is 6.95. The van der Waals surface area contributed by atoms with E-state index in [4.69, 9.17) is 19.9 Å². The van der Waals surface area contributed by atoms with Gasteiger partial charge in [0.1, 0.15) is 6.10 Å². The number of nitrogens with zero attached hydrogens (tertiary/aromatic N) is 2. The molecule has 1 saturated heterocycles. The van der Waals surface area contributed by atoms with Crippen LogP contribution in [-0.2, 0) is 39.9 Å². The molecule has 15 heteroatoms. The van der Waals surface area contributed by atoms with E-state index in [0.717, 1.165) is 31.1 Å². The van der Waals surface area contributed by atoms with Gasteiger partial charge >= 0.3 is 6.09 Å². The molecule has 15 nitrogen and oxygen atoms in total. The third-order valence-corrected chi connectivity index (χ3v) is 10.2. The molecule has 5 N–H and O–H groups in total. The van der Waals surface area contributed by atoms with Crippen molar-refractivity contribution in [2.75, 3.05) is 40.4 Å². The van der Waals surface area contributed by atoms with Crippen molar-refractivity contribution < 1.29 is 48.1 Å². The number of ether oxygens (including phenoxy) is 3. The number of primary amides is 1. The van der Waals surface area contributed by atoms with Crippen molar-refractivity contribution in [3.05, 3.63) is 93.9 Å². The summed E-state index contributed by atoms with van der Waals surface area (Å²) >= 11 is 0. The van der Waals surface area contributed by atoms with Gasteiger partial charge in [-0.05, 0) is 55.9 Å².